The van der Waals surface area contributed by atoms with Crippen LogP contribution in [0.2, 0.25) is 0 Å². The average molecular weight is 176 g/mol. The molecule has 1 aromatic rings. The van der Waals surface area contributed by atoms with Gasteiger partial charge in [-0.05, 0) is 5.56 Å². The molecule has 1 aliphatic heterocycles. The maximum Gasteiger partial charge on any atom is 0.313 e. The fraction of sp³-hybridized carbons (Fsp3) is 0.364. The molecule has 1 heterocycles. The molecule has 2 nitrogen and oxygen atoms in total. The van der Waals surface area contributed by atoms with Crippen LogP contribution in [0.3, 0.4) is 0 Å². The molecule has 0 radical (unpaired) electrons. The summed E-state index contributed by atoms with van der Waals surface area (Å²) in [5.74, 6) is 0.162. The highest BCUT2D eigenvalue weighted by atomic mass is 16.5. The average Bonchev–Trinajstić information content (AvgIpc) is 2.48. The van der Waals surface area contributed by atoms with Gasteiger partial charge >= 0.3 is 5.97 Å². The summed E-state index contributed by atoms with van der Waals surface area (Å²) in [5.41, 5.74) is 1.07. The number of ether oxygens (including phenoxy) is 1. The highest BCUT2D eigenvalue weighted by molar-refractivity contribution is 5.80. The van der Waals surface area contributed by atoms with Crippen LogP contribution in [0, 0.1) is 5.92 Å². The van der Waals surface area contributed by atoms with Gasteiger partial charge in [0.05, 0.1) is 12.5 Å². The summed E-state index contributed by atoms with van der Waals surface area (Å²) in [5, 5.41) is 0. The topological polar surface area (TPSA) is 26.3 Å². The molecule has 0 unspecified atom stereocenters. The summed E-state index contributed by atoms with van der Waals surface area (Å²) in [6.45, 7) is 2.60. The monoisotopic (exact) mass is 176 g/mol. The highest BCUT2D eigenvalue weighted by Crippen LogP contribution is 2.31. The van der Waals surface area contributed by atoms with Crippen LogP contribution in [0.4, 0.5) is 0 Å². The Hall–Kier alpha value is -1.31. The van der Waals surface area contributed by atoms with Gasteiger partial charge in [-0.15, -0.1) is 0 Å². The number of hydrogen-bond acceptors (Lipinski definition) is 2. The van der Waals surface area contributed by atoms with Gasteiger partial charge in [0.15, 0.2) is 0 Å². The lowest BCUT2D eigenvalue weighted by atomic mass is 9.90. The van der Waals surface area contributed by atoms with Crippen molar-refractivity contribution in [2.24, 2.45) is 5.92 Å². The molecule has 68 valence electrons. The molecular formula is C11H12O2. The summed E-state index contributed by atoms with van der Waals surface area (Å²) in [7, 11) is 0. The van der Waals surface area contributed by atoms with Gasteiger partial charge in [-0.25, -0.2) is 0 Å². The van der Waals surface area contributed by atoms with E-state index in [0.717, 1.165) is 5.56 Å². The van der Waals surface area contributed by atoms with Crippen LogP contribution in [-0.4, -0.2) is 12.6 Å². The number of rotatable bonds is 1. The maximum absolute atomic E-state index is 11.4. The lowest BCUT2D eigenvalue weighted by Gasteiger charge is -2.09. The minimum Gasteiger partial charge on any atom is -0.465 e. The summed E-state index contributed by atoms with van der Waals surface area (Å²) >= 11 is 0. The fourth-order valence-corrected chi connectivity index (χ4v) is 1.76. The fourth-order valence-electron chi connectivity index (χ4n) is 1.76. The van der Waals surface area contributed by atoms with E-state index in [1.165, 1.54) is 0 Å². The van der Waals surface area contributed by atoms with Crippen molar-refractivity contribution < 1.29 is 9.53 Å². The molecule has 1 saturated heterocycles. The van der Waals surface area contributed by atoms with E-state index in [1.807, 2.05) is 37.3 Å². The molecule has 1 aromatic carbocycles. The highest BCUT2D eigenvalue weighted by Gasteiger charge is 2.34. The maximum atomic E-state index is 11.4. The third kappa shape index (κ3) is 1.44. The third-order valence-electron chi connectivity index (χ3n) is 2.47. The van der Waals surface area contributed by atoms with Crippen LogP contribution in [0.1, 0.15) is 18.4 Å². The second kappa shape index (κ2) is 3.21. The second-order valence-electron chi connectivity index (χ2n) is 3.50. The van der Waals surface area contributed by atoms with Crippen LogP contribution in [-0.2, 0) is 9.53 Å². The van der Waals surface area contributed by atoms with Crippen molar-refractivity contribution >= 4 is 5.97 Å². The number of hydrogen-bond donors (Lipinski definition) is 0. The first-order valence-electron chi connectivity index (χ1n) is 4.50. The Morgan fingerprint density at radius 3 is 2.54 bits per heavy atom. The van der Waals surface area contributed by atoms with Crippen LogP contribution >= 0.6 is 0 Å². The standard InChI is InChI=1S/C11H12O2/c1-8-7-13-11(12)10(8)9-5-3-2-4-6-9/h2-6,8,10H,7H2,1H3/t8-,10-/m0/s1. The largest absolute Gasteiger partial charge is 0.465 e. The number of cyclic esters (lactones) is 1. The van der Waals surface area contributed by atoms with Gasteiger partial charge in [0.25, 0.3) is 0 Å². The summed E-state index contributed by atoms with van der Waals surface area (Å²) in [6.07, 6.45) is 0. The van der Waals surface area contributed by atoms with Gasteiger partial charge in [0, 0.05) is 5.92 Å². The Morgan fingerprint density at radius 2 is 2.00 bits per heavy atom. The van der Waals surface area contributed by atoms with Gasteiger partial charge in [0.1, 0.15) is 0 Å². The van der Waals surface area contributed by atoms with E-state index in [0.29, 0.717) is 12.5 Å². The molecule has 1 fully saturated rings. The Kier molecular flexibility index (Phi) is 2.05. The first-order valence-corrected chi connectivity index (χ1v) is 4.50. The molecule has 0 N–H and O–H groups in total. The summed E-state index contributed by atoms with van der Waals surface area (Å²) < 4.78 is 4.99. The minimum atomic E-state index is -0.0845. The van der Waals surface area contributed by atoms with Gasteiger partial charge in [-0.1, -0.05) is 37.3 Å². The van der Waals surface area contributed by atoms with E-state index >= 15 is 0 Å². The lowest BCUT2D eigenvalue weighted by Crippen LogP contribution is -2.10. The minimum absolute atomic E-state index is 0.0544. The number of esters is 1. The normalized spacial score (nSPS) is 27.3. The Morgan fingerprint density at radius 1 is 1.31 bits per heavy atom. The molecule has 0 bridgehead atoms. The number of carbonyl (C=O) groups excluding carboxylic acids is 1. The molecule has 1 aliphatic rings. The number of benzene rings is 1. The molecule has 0 amide bonds. The molecular weight excluding hydrogens is 164 g/mol. The van der Waals surface area contributed by atoms with Crippen LogP contribution in [0.5, 0.6) is 0 Å². The van der Waals surface area contributed by atoms with Gasteiger partial charge in [0.2, 0.25) is 0 Å². The lowest BCUT2D eigenvalue weighted by molar-refractivity contribution is -0.139. The summed E-state index contributed by atoms with van der Waals surface area (Å²) in [6, 6.07) is 9.82. The Bertz CT molecular complexity index is 305. The van der Waals surface area contributed by atoms with Crippen LogP contribution in [0.25, 0.3) is 0 Å². The van der Waals surface area contributed by atoms with E-state index in [1.54, 1.807) is 0 Å². The van der Waals surface area contributed by atoms with Gasteiger partial charge in [-0.2, -0.15) is 0 Å². The third-order valence-corrected chi connectivity index (χ3v) is 2.47. The number of carbonyl (C=O) groups is 1. The van der Waals surface area contributed by atoms with E-state index in [4.69, 9.17) is 4.74 Å². The van der Waals surface area contributed by atoms with Crippen molar-refractivity contribution in [3.8, 4) is 0 Å². The van der Waals surface area contributed by atoms with Crippen molar-refractivity contribution in [2.75, 3.05) is 6.61 Å². The van der Waals surface area contributed by atoms with Crippen LogP contribution in [0.15, 0.2) is 30.3 Å². The first-order chi connectivity index (χ1) is 6.29. The predicted octanol–water partition coefficient (Wildman–Crippen LogP) is 1.96. The molecule has 0 spiro atoms. The summed E-state index contributed by atoms with van der Waals surface area (Å²) in [4.78, 5) is 11.4. The van der Waals surface area contributed by atoms with Gasteiger partial charge in [-0.3, -0.25) is 4.79 Å². The van der Waals surface area contributed by atoms with E-state index in [-0.39, 0.29) is 11.9 Å². The quantitative estimate of drug-likeness (QED) is 0.611. The molecule has 0 aromatic heterocycles. The van der Waals surface area contributed by atoms with Crippen molar-refractivity contribution in [1.82, 2.24) is 0 Å². The van der Waals surface area contributed by atoms with Crippen molar-refractivity contribution in [3.63, 3.8) is 0 Å². The zero-order valence-electron chi connectivity index (χ0n) is 7.57. The molecule has 2 rings (SSSR count). The molecule has 0 aliphatic carbocycles. The van der Waals surface area contributed by atoms with E-state index in [2.05, 4.69) is 0 Å². The van der Waals surface area contributed by atoms with Gasteiger partial charge < -0.3 is 4.74 Å². The smallest absolute Gasteiger partial charge is 0.313 e. The van der Waals surface area contributed by atoms with Crippen molar-refractivity contribution in [1.29, 1.82) is 0 Å². The second-order valence-corrected chi connectivity index (χ2v) is 3.50. The van der Waals surface area contributed by atoms with E-state index < -0.39 is 0 Å². The Labute approximate surface area is 77.5 Å². The first kappa shape index (κ1) is 8.30. The van der Waals surface area contributed by atoms with Crippen molar-refractivity contribution in [2.45, 2.75) is 12.8 Å². The Balaban J connectivity index is 2.30. The zero-order chi connectivity index (χ0) is 9.26. The van der Waals surface area contributed by atoms with E-state index in [9.17, 15) is 4.79 Å². The van der Waals surface area contributed by atoms with Crippen molar-refractivity contribution in [3.05, 3.63) is 35.9 Å². The van der Waals surface area contributed by atoms with Crippen LogP contribution < -0.4 is 0 Å². The molecule has 0 saturated carbocycles. The zero-order valence-corrected chi connectivity index (χ0v) is 7.57. The predicted molar refractivity (Wildman–Crippen MR) is 49.3 cm³/mol. The molecule has 2 atom stereocenters. The molecule has 13 heavy (non-hydrogen) atoms. The molecule has 2 heteroatoms. The SMILES string of the molecule is C[C@H]1COC(=O)[C@@H]1c1ccccc1.